The molecule has 0 unspecified atom stereocenters. The summed E-state index contributed by atoms with van der Waals surface area (Å²) < 4.78 is 32.2. The van der Waals surface area contributed by atoms with Crippen molar-refractivity contribution in [1.29, 1.82) is 0 Å². The summed E-state index contributed by atoms with van der Waals surface area (Å²) in [5, 5.41) is 1.75. The molecular weight excluding hydrogens is 326 g/mol. The van der Waals surface area contributed by atoms with Gasteiger partial charge in [-0.2, -0.15) is 0 Å². The predicted octanol–water partition coefficient (Wildman–Crippen LogP) is 3.59. The molecule has 4 nitrogen and oxygen atoms in total. The van der Waals surface area contributed by atoms with Crippen LogP contribution in [0.25, 0.3) is 10.6 Å². The summed E-state index contributed by atoms with van der Waals surface area (Å²) in [7, 11) is -3.37. The number of furan rings is 1. The van der Waals surface area contributed by atoms with E-state index in [1.807, 2.05) is 24.3 Å². The quantitative estimate of drug-likeness (QED) is 0.746. The number of rotatable bonds is 6. The molecule has 3 rings (SSSR count). The van der Waals surface area contributed by atoms with Crippen LogP contribution in [-0.4, -0.2) is 15.0 Å². The van der Waals surface area contributed by atoms with Gasteiger partial charge in [-0.25, -0.2) is 13.1 Å². The normalized spacial score (nSPS) is 11.8. The van der Waals surface area contributed by atoms with Gasteiger partial charge < -0.3 is 4.42 Å². The molecule has 0 bridgehead atoms. The lowest BCUT2D eigenvalue weighted by atomic mass is 10.3. The molecule has 0 saturated carbocycles. The predicted molar refractivity (Wildman–Crippen MR) is 85.2 cm³/mol. The van der Waals surface area contributed by atoms with Gasteiger partial charge in [0.2, 0.25) is 10.0 Å². The molecule has 110 valence electrons. The van der Waals surface area contributed by atoms with Gasteiger partial charge in [0.15, 0.2) is 0 Å². The molecule has 0 spiro atoms. The van der Waals surface area contributed by atoms with Crippen molar-refractivity contribution in [2.45, 2.75) is 10.6 Å². The second kappa shape index (κ2) is 6.15. The van der Waals surface area contributed by atoms with Crippen molar-refractivity contribution in [3.8, 4) is 10.6 Å². The van der Waals surface area contributed by atoms with Crippen LogP contribution in [-0.2, 0) is 16.4 Å². The van der Waals surface area contributed by atoms with Crippen molar-refractivity contribution in [3.05, 3.63) is 52.9 Å². The second-order valence-electron chi connectivity index (χ2n) is 4.32. The average Bonchev–Trinajstić information content (AvgIpc) is 3.20. The van der Waals surface area contributed by atoms with Crippen LogP contribution in [0.15, 0.2) is 56.7 Å². The number of sulfonamides is 1. The van der Waals surface area contributed by atoms with Gasteiger partial charge in [0.1, 0.15) is 9.97 Å². The summed E-state index contributed by atoms with van der Waals surface area (Å²) in [6, 6.07) is 11.1. The van der Waals surface area contributed by atoms with Crippen LogP contribution in [0, 0.1) is 0 Å². The first kappa shape index (κ1) is 14.5. The minimum absolute atomic E-state index is 0.352. The topological polar surface area (TPSA) is 59.3 Å². The first-order valence-corrected chi connectivity index (χ1v) is 9.49. The maximum atomic E-state index is 12.0. The van der Waals surface area contributed by atoms with E-state index in [-0.39, 0.29) is 0 Å². The van der Waals surface area contributed by atoms with Gasteiger partial charge in [-0.05, 0) is 42.1 Å². The van der Waals surface area contributed by atoms with Crippen molar-refractivity contribution >= 4 is 32.7 Å². The highest BCUT2D eigenvalue weighted by Gasteiger charge is 2.14. The Kier molecular flexibility index (Phi) is 4.25. The lowest BCUT2D eigenvalue weighted by Gasteiger charge is -2.03. The Morgan fingerprint density at radius 3 is 2.76 bits per heavy atom. The smallest absolute Gasteiger partial charge is 0.250 e. The van der Waals surface area contributed by atoms with Crippen LogP contribution in [0.5, 0.6) is 0 Å². The Morgan fingerprint density at radius 1 is 1.14 bits per heavy atom. The summed E-state index contributed by atoms with van der Waals surface area (Å²) in [5.41, 5.74) is 0. The number of hydrogen-bond donors (Lipinski definition) is 1. The number of nitrogens with one attached hydrogen (secondary N) is 1. The fourth-order valence-electron chi connectivity index (χ4n) is 1.86. The van der Waals surface area contributed by atoms with Crippen LogP contribution in [0.1, 0.15) is 4.88 Å². The summed E-state index contributed by atoms with van der Waals surface area (Å²) >= 11 is 2.83. The summed E-state index contributed by atoms with van der Waals surface area (Å²) in [4.78, 5) is 2.17. The van der Waals surface area contributed by atoms with Crippen LogP contribution in [0.2, 0.25) is 0 Å². The largest absolute Gasteiger partial charge is 0.464 e. The standard InChI is InChI=1S/C14H13NO3S3/c16-21(17,14-4-2-10-19-14)15-8-7-11-5-6-13(20-11)12-3-1-9-18-12/h1-6,9-10,15H,7-8H2. The minimum Gasteiger partial charge on any atom is -0.464 e. The van der Waals surface area contributed by atoms with Crippen LogP contribution in [0.4, 0.5) is 0 Å². The molecule has 0 fully saturated rings. The van der Waals surface area contributed by atoms with Crippen molar-refractivity contribution < 1.29 is 12.8 Å². The first-order valence-electron chi connectivity index (χ1n) is 6.31. The molecule has 0 aliphatic rings. The van der Waals surface area contributed by atoms with Crippen molar-refractivity contribution in [2.75, 3.05) is 6.54 Å². The minimum atomic E-state index is -3.37. The van der Waals surface area contributed by atoms with Crippen LogP contribution >= 0.6 is 22.7 Å². The van der Waals surface area contributed by atoms with Gasteiger partial charge in [0.05, 0.1) is 11.1 Å². The summed E-state index contributed by atoms with van der Waals surface area (Å²) in [6.07, 6.45) is 2.31. The molecule has 1 N–H and O–H groups in total. The maximum absolute atomic E-state index is 12.0. The second-order valence-corrected chi connectivity index (χ2v) is 8.43. The Bertz CT molecular complexity index is 787. The van der Waals surface area contributed by atoms with E-state index in [0.29, 0.717) is 17.2 Å². The van der Waals surface area contributed by atoms with Crippen LogP contribution < -0.4 is 4.72 Å². The Hall–Kier alpha value is -1.41. The summed E-state index contributed by atoms with van der Waals surface area (Å²) in [5.74, 6) is 0.838. The fourth-order valence-corrected chi connectivity index (χ4v) is 4.90. The van der Waals surface area contributed by atoms with Gasteiger partial charge in [-0.15, -0.1) is 22.7 Å². The van der Waals surface area contributed by atoms with E-state index >= 15 is 0 Å². The van der Waals surface area contributed by atoms with E-state index in [0.717, 1.165) is 15.5 Å². The number of thiophene rings is 2. The van der Waals surface area contributed by atoms with Crippen LogP contribution in [0.3, 0.4) is 0 Å². The van der Waals surface area contributed by atoms with E-state index in [4.69, 9.17) is 4.42 Å². The molecule has 3 aromatic rings. The summed E-state index contributed by atoms with van der Waals surface area (Å²) in [6.45, 7) is 0.387. The van der Waals surface area contributed by atoms with Crippen molar-refractivity contribution in [3.63, 3.8) is 0 Å². The Balaban J connectivity index is 1.59. The molecule has 0 radical (unpaired) electrons. The molecule has 0 saturated heterocycles. The van der Waals surface area contributed by atoms with E-state index in [1.54, 1.807) is 35.1 Å². The van der Waals surface area contributed by atoms with E-state index in [9.17, 15) is 8.42 Å². The molecule has 0 atom stereocenters. The van der Waals surface area contributed by atoms with E-state index in [1.165, 1.54) is 11.3 Å². The third-order valence-electron chi connectivity index (χ3n) is 2.85. The van der Waals surface area contributed by atoms with E-state index in [2.05, 4.69) is 4.72 Å². The van der Waals surface area contributed by atoms with E-state index < -0.39 is 10.0 Å². The molecule has 0 aromatic carbocycles. The highest BCUT2D eigenvalue weighted by molar-refractivity contribution is 7.91. The zero-order valence-electron chi connectivity index (χ0n) is 11.0. The molecule has 0 aliphatic carbocycles. The van der Waals surface area contributed by atoms with Crippen molar-refractivity contribution in [2.24, 2.45) is 0 Å². The molecule has 3 heterocycles. The monoisotopic (exact) mass is 339 g/mol. The van der Waals surface area contributed by atoms with Gasteiger partial charge in [0.25, 0.3) is 0 Å². The molecule has 21 heavy (non-hydrogen) atoms. The highest BCUT2D eigenvalue weighted by Crippen LogP contribution is 2.28. The van der Waals surface area contributed by atoms with Gasteiger partial charge in [-0.1, -0.05) is 6.07 Å². The molecule has 0 aliphatic heterocycles. The molecule has 3 aromatic heterocycles. The number of hydrogen-bond acceptors (Lipinski definition) is 5. The lowest BCUT2D eigenvalue weighted by molar-refractivity contribution is 0.583. The van der Waals surface area contributed by atoms with Gasteiger partial charge in [0, 0.05) is 11.4 Å². The Morgan fingerprint density at radius 2 is 2.05 bits per heavy atom. The molecule has 7 heteroatoms. The maximum Gasteiger partial charge on any atom is 0.250 e. The SMILES string of the molecule is O=S(=O)(NCCc1ccc(-c2ccco2)s1)c1cccs1. The third-order valence-corrected chi connectivity index (χ3v) is 6.87. The zero-order valence-corrected chi connectivity index (χ0v) is 13.4. The third kappa shape index (κ3) is 3.44. The van der Waals surface area contributed by atoms with Gasteiger partial charge >= 0.3 is 0 Å². The highest BCUT2D eigenvalue weighted by atomic mass is 32.2. The zero-order chi connectivity index (χ0) is 14.7. The lowest BCUT2D eigenvalue weighted by Crippen LogP contribution is -2.25. The fraction of sp³-hybridized carbons (Fsp3) is 0.143. The molecular formula is C14H13NO3S3. The first-order chi connectivity index (χ1) is 10.1. The average molecular weight is 339 g/mol. The molecule has 0 amide bonds. The van der Waals surface area contributed by atoms with Gasteiger partial charge in [-0.3, -0.25) is 0 Å². The Labute approximate surface area is 131 Å². The van der Waals surface area contributed by atoms with Crippen molar-refractivity contribution in [1.82, 2.24) is 4.72 Å².